The van der Waals surface area contributed by atoms with Crippen LogP contribution in [-0.4, -0.2) is 21.5 Å². The summed E-state index contributed by atoms with van der Waals surface area (Å²) in [5.74, 6) is 1.81. The Morgan fingerprint density at radius 3 is 3.04 bits per heavy atom. The number of benzene rings is 1. The molecule has 1 atom stereocenters. The Hall–Kier alpha value is -2.47. The fraction of sp³-hybridized carbons (Fsp3) is 0.350. The Bertz CT molecular complexity index is 1040. The van der Waals surface area contributed by atoms with Crippen molar-refractivity contribution in [3.63, 3.8) is 0 Å². The number of aromatic nitrogens is 3. The van der Waals surface area contributed by atoms with E-state index < -0.39 is 0 Å². The van der Waals surface area contributed by atoms with E-state index >= 15 is 0 Å². The molecule has 0 saturated carbocycles. The highest BCUT2D eigenvalue weighted by Gasteiger charge is 2.30. The van der Waals surface area contributed by atoms with Gasteiger partial charge < -0.3 is 9.32 Å². The summed E-state index contributed by atoms with van der Waals surface area (Å²) in [6.45, 7) is 3.15. The zero-order valence-corrected chi connectivity index (χ0v) is 15.5. The molecule has 1 fully saturated rings. The lowest BCUT2D eigenvalue weighted by atomic mass is 10.0. The molecule has 4 heterocycles. The zero-order chi connectivity index (χ0) is 17.5. The highest BCUT2D eigenvalue weighted by Crippen LogP contribution is 2.39. The lowest BCUT2D eigenvalue weighted by Crippen LogP contribution is -2.34. The van der Waals surface area contributed by atoms with E-state index in [9.17, 15) is 0 Å². The lowest BCUT2D eigenvalue weighted by Gasteiger charge is -2.34. The van der Waals surface area contributed by atoms with Crippen LogP contribution in [-0.2, 0) is 6.42 Å². The maximum Gasteiger partial charge on any atom is 0.218 e. The van der Waals surface area contributed by atoms with E-state index in [0.29, 0.717) is 0 Å². The van der Waals surface area contributed by atoms with Crippen molar-refractivity contribution in [3.05, 3.63) is 47.4 Å². The number of hydrogen-bond donors (Lipinski definition) is 0. The van der Waals surface area contributed by atoms with Crippen molar-refractivity contribution < 1.29 is 4.42 Å². The molecule has 132 valence electrons. The Labute approximate surface area is 155 Å². The SMILES string of the molecule is CCc1cc2c(N3CCCCC3c3nc4ccccc4o3)ncnc2s1. The summed E-state index contributed by atoms with van der Waals surface area (Å²) in [5, 5.41) is 1.15. The maximum absolute atomic E-state index is 6.10. The van der Waals surface area contributed by atoms with E-state index in [2.05, 4.69) is 27.9 Å². The van der Waals surface area contributed by atoms with E-state index in [-0.39, 0.29) is 6.04 Å². The second-order valence-electron chi connectivity index (χ2n) is 6.71. The van der Waals surface area contributed by atoms with E-state index in [1.807, 2.05) is 24.3 Å². The highest BCUT2D eigenvalue weighted by molar-refractivity contribution is 7.18. The predicted molar refractivity (Wildman–Crippen MR) is 105 cm³/mol. The molecular formula is C20H20N4OS. The average Bonchev–Trinajstić information content (AvgIpc) is 3.31. The topological polar surface area (TPSA) is 55.1 Å². The number of hydrogen-bond acceptors (Lipinski definition) is 6. The Morgan fingerprint density at radius 1 is 1.23 bits per heavy atom. The predicted octanol–water partition coefficient (Wildman–Crippen LogP) is 5.13. The van der Waals surface area contributed by atoms with Crippen molar-refractivity contribution >= 4 is 38.5 Å². The monoisotopic (exact) mass is 364 g/mol. The molecule has 1 saturated heterocycles. The maximum atomic E-state index is 6.10. The van der Waals surface area contributed by atoms with Crippen molar-refractivity contribution in [3.8, 4) is 0 Å². The summed E-state index contributed by atoms with van der Waals surface area (Å²) in [6.07, 6.45) is 6.08. The van der Waals surface area contributed by atoms with Gasteiger partial charge >= 0.3 is 0 Å². The van der Waals surface area contributed by atoms with Crippen LogP contribution >= 0.6 is 11.3 Å². The average molecular weight is 364 g/mol. The van der Waals surface area contributed by atoms with Crippen molar-refractivity contribution in [1.82, 2.24) is 15.0 Å². The van der Waals surface area contributed by atoms with Gasteiger partial charge in [-0.2, -0.15) is 0 Å². The summed E-state index contributed by atoms with van der Waals surface area (Å²) >= 11 is 1.76. The van der Waals surface area contributed by atoms with Gasteiger partial charge in [0.05, 0.1) is 5.39 Å². The summed E-state index contributed by atoms with van der Waals surface area (Å²) in [5.41, 5.74) is 1.77. The second kappa shape index (κ2) is 6.36. The molecule has 0 amide bonds. The molecule has 0 spiro atoms. The lowest BCUT2D eigenvalue weighted by molar-refractivity contribution is 0.390. The third-order valence-corrected chi connectivity index (χ3v) is 6.27. The first-order valence-electron chi connectivity index (χ1n) is 9.19. The van der Waals surface area contributed by atoms with Crippen LogP contribution in [0.2, 0.25) is 0 Å². The number of thiophene rings is 1. The van der Waals surface area contributed by atoms with Gasteiger partial charge in [0.1, 0.15) is 28.5 Å². The number of oxazole rings is 1. The van der Waals surface area contributed by atoms with Gasteiger partial charge in [0.2, 0.25) is 5.89 Å². The first-order valence-corrected chi connectivity index (χ1v) is 10.0. The second-order valence-corrected chi connectivity index (χ2v) is 7.82. The quantitative estimate of drug-likeness (QED) is 0.504. The molecule has 0 N–H and O–H groups in total. The largest absolute Gasteiger partial charge is 0.438 e. The molecule has 3 aromatic heterocycles. The molecule has 1 unspecified atom stereocenters. The third-order valence-electron chi connectivity index (χ3n) is 5.08. The summed E-state index contributed by atoms with van der Waals surface area (Å²) < 4.78 is 6.10. The molecule has 0 radical (unpaired) electrons. The Balaban J connectivity index is 1.61. The van der Waals surface area contributed by atoms with Gasteiger partial charge in [0.25, 0.3) is 0 Å². The van der Waals surface area contributed by atoms with Crippen molar-refractivity contribution in [2.24, 2.45) is 0 Å². The summed E-state index contributed by atoms with van der Waals surface area (Å²) in [6, 6.07) is 10.3. The van der Waals surface area contributed by atoms with Gasteiger partial charge in [-0.25, -0.2) is 15.0 Å². The Kier molecular flexibility index (Phi) is 3.85. The van der Waals surface area contributed by atoms with Gasteiger partial charge in [-0.1, -0.05) is 19.1 Å². The van der Waals surface area contributed by atoms with Crippen LogP contribution < -0.4 is 4.90 Å². The minimum Gasteiger partial charge on any atom is -0.438 e. The molecule has 0 aliphatic carbocycles. The summed E-state index contributed by atoms with van der Waals surface area (Å²) in [7, 11) is 0. The highest BCUT2D eigenvalue weighted by atomic mass is 32.1. The van der Waals surface area contributed by atoms with Gasteiger partial charge in [-0.05, 0) is 43.9 Å². The van der Waals surface area contributed by atoms with E-state index in [1.54, 1.807) is 17.7 Å². The van der Waals surface area contributed by atoms with E-state index in [0.717, 1.165) is 58.8 Å². The van der Waals surface area contributed by atoms with Crippen LogP contribution in [0.5, 0.6) is 0 Å². The van der Waals surface area contributed by atoms with Gasteiger partial charge in [-0.3, -0.25) is 0 Å². The van der Waals surface area contributed by atoms with Gasteiger partial charge in [0, 0.05) is 11.4 Å². The molecule has 6 heteroatoms. The first kappa shape index (κ1) is 15.8. The van der Waals surface area contributed by atoms with E-state index in [4.69, 9.17) is 9.40 Å². The number of aryl methyl sites for hydroxylation is 1. The van der Waals surface area contributed by atoms with Crippen LogP contribution in [0.4, 0.5) is 5.82 Å². The van der Waals surface area contributed by atoms with Crippen LogP contribution in [0.15, 0.2) is 41.1 Å². The minimum absolute atomic E-state index is 0.124. The van der Waals surface area contributed by atoms with Crippen molar-refractivity contribution in [2.75, 3.05) is 11.4 Å². The summed E-state index contributed by atoms with van der Waals surface area (Å²) in [4.78, 5) is 18.7. The molecule has 4 aromatic rings. The van der Waals surface area contributed by atoms with Crippen molar-refractivity contribution in [2.45, 2.75) is 38.6 Å². The molecule has 1 aliphatic heterocycles. The fourth-order valence-electron chi connectivity index (χ4n) is 3.77. The molecular weight excluding hydrogens is 344 g/mol. The van der Waals surface area contributed by atoms with Gasteiger partial charge in [-0.15, -0.1) is 11.3 Å². The smallest absolute Gasteiger partial charge is 0.218 e. The van der Waals surface area contributed by atoms with Crippen molar-refractivity contribution in [1.29, 1.82) is 0 Å². The molecule has 26 heavy (non-hydrogen) atoms. The number of piperidine rings is 1. The minimum atomic E-state index is 0.124. The zero-order valence-electron chi connectivity index (χ0n) is 14.7. The van der Waals surface area contributed by atoms with Gasteiger partial charge in [0.15, 0.2) is 5.58 Å². The van der Waals surface area contributed by atoms with Crippen LogP contribution in [0, 0.1) is 0 Å². The first-order chi connectivity index (χ1) is 12.8. The third kappa shape index (κ3) is 2.56. The standard InChI is InChI=1S/C20H20N4OS/c1-2-13-11-14-18(21-12-22-20(14)26-13)24-10-6-5-8-16(24)19-23-15-7-3-4-9-17(15)25-19/h3-4,7,9,11-12,16H,2,5-6,8,10H2,1H3. The number of fused-ring (bicyclic) bond motifs is 2. The molecule has 5 nitrogen and oxygen atoms in total. The number of anilines is 1. The van der Waals surface area contributed by atoms with Crippen LogP contribution in [0.3, 0.4) is 0 Å². The van der Waals surface area contributed by atoms with Crippen LogP contribution in [0.25, 0.3) is 21.3 Å². The molecule has 1 aliphatic rings. The van der Waals surface area contributed by atoms with Crippen LogP contribution in [0.1, 0.15) is 43.0 Å². The Morgan fingerprint density at radius 2 is 2.15 bits per heavy atom. The number of rotatable bonds is 3. The number of nitrogens with zero attached hydrogens (tertiary/aromatic N) is 4. The van der Waals surface area contributed by atoms with E-state index in [1.165, 1.54) is 11.3 Å². The molecule has 0 bridgehead atoms. The molecule has 1 aromatic carbocycles. The normalized spacial score (nSPS) is 18.0. The number of para-hydroxylation sites is 2. The molecule has 5 rings (SSSR count). The fourth-order valence-corrected chi connectivity index (χ4v) is 4.70.